The van der Waals surface area contributed by atoms with E-state index in [9.17, 15) is 0 Å². The molecule has 60 valence electrons. The summed E-state index contributed by atoms with van der Waals surface area (Å²) in [4.78, 5) is 0. The summed E-state index contributed by atoms with van der Waals surface area (Å²) >= 11 is 0. The van der Waals surface area contributed by atoms with Gasteiger partial charge in [-0.3, -0.25) is 0 Å². The minimum Gasteiger partial charge on any atom is -0.198 e. The number of hydrogen-bond donors (Lipinski definition) is 0. The number of nitrogens with zero attached hydrogens (tertiary/aromatic N) is 1. The van der Waals surface area contributed by atoms with E-state index < -0.39 is 0 Å². The molecule has 1 atom stereocenters. The third kappa shape index (κ3) is 1.33. The molecular weight excluding hydrogens is 146 g/mol. The third-order valence-electron chi connectivity index (χ3n) is 2.39. The highest BCUT2D eigenvalue weighted by Gasteiger charge is 2.31. The van der Waals surface area contributed by atoms with Crippen molar-refractivity contribution in [3.63, 3.8) is 0 Å². The van der Waals surface area contributed by atoms with Gasteiger partial charge in [-0.25, -0.2) is 0 Å². The molecule has 1 nitrogen and oxygen atoms in total. The van der Waals surface area contributed by atoms with Crippen LogP contribution in [0.15, 0.2) is 30.3 Å². The SMILES string of the molecule is N#C[C@@H](c1ccccc1)C1CC1. The predicted molar refractivity (Wildman–Crippen MR) is 47.5 cm³/mol. The maximum absolute atomic E-state index is 8.94. The van der Waals surface area contributed by atoms with Crippen molar-refractivity contribution in [2.24, 2.45) is 5.92 Å². The van der Waals surface area contributed by atoms with Crippen LogP contribution in [-0.4, -0.2) is 0 Å². The molecule has 12 heavy (non-hydrogen) atoms. The first-order valence-corrected chi connectivity index (χ1v) is 4.36. The van der Waals surface area contributed by atoms with Crippen molar-refractivity contribution in [1.29, 1.82) is 5.26 Å². The average molecular weight is 157 g/mol. The maximum Gasteiger partial charge on any atom is 0.0740 e. The van der Waals surface area contributed by atoms with Crippen molar-refractivity contribution in [2.75, 3.05) is 0 Å². The van der Waals surface area contributed by atoms with E-state index in [4.69, 9.17) is 5.26 Å². The van der Waals surface area contributed by atoms with Crippen LogP contribution in [0, 0.1) is 17.2 Å². The lowest BCUT2D eigenvalue weighted by molar-refractivity contribution is 0.740. The molecule has 0 amide bonds. The van der Waals surface area contributed by atoms with Gasteiger partial charge in [0.1, 0.15) is 0 Å². The first-order chi connectivity index (χ1) is 5.92. The quantitative estimate of drug-likeness (QED) is 0.647. The zero-order valence-electron chi connectivity index (χ0n) is 6.90. The van der Waals surface area contributed by atoms with Crippen molar-refractivity contribution in [2.45, 2.75) is 18.8 Å². The molecule has 0 unspecified atom stereocenters. The number of nitriles is 1. The average Bonchev–Trinajstić information content (AvgIpc) is 2.92. The van der Waals surface area contributed by atoms with E-state index in [1.807, 2.05) is 30.3 Å². The van der Waals surface area contributed by atoms with Gasteiger partial charge in [-0.2, -0.15) is 5.26 Å². The van der Waals surface area contributed by atoms with Crippen molar-refractivity contribution >= 4 is 0 Å². The lowest BCUT2D eigenvalue weighted by Gasteiger charge is -2.05. The summed E-state index contributed by atoms with van der Waals surface area (Å²) in [6, 6.07) is 12.5. The molecule has 0 bridgehead atoms. The summed E-state index contributed by atoms with van der Waals surface area (Å²) in [5.74, 6) is 0.781. The Bertz CT molecular complexity index is 293. The van der Waals surface area contributed by atoms with E-state index >= 15 is 0 Å². The fourth-order valence-corrected chi connectivity index (χ4v) is 1.54. The van der Waals surface area contributed by atoms with Gasteiger partial charge in [-0.05, 0) is 24.3 Å². The lowest BCUT2D eigenvalue weighted by Crippen LogP contribution is -1.96. The smallest absolute Gasteiger partial charge is 0.0740 e. The number of hydrogen-bond acceptors (Lipinski definition) is 1. The summed E-state index contributed by atoms with van der Waals surface area (Å²) in [6.45, 7) is 0. The molecule has 1 fully saturated rings. The second-order valence-corrected chi connectivity index (χ2v) is 3.35. The molecule has 2 rings (SSSR count). The second kappa shape index (κ2) is 2.98. The van der Waals surface area contributed by atoms with E-state index in [2.05, 4.69) is 6.07 Å². The third-order valence-corrected chi connectivity index (χ3v) is 2.39. The van der Waals surface area contributed by atoms with Crippen LogP contribution in [0.25, 0.3) is 0 Å². The van der Waals surface area contributed by atoms with E-state index in [0.29, 0.717) is 5.92 Å². The Morgan fingerprint density at radius 1 is 1.25 bits per heavy atom. The van der Waals surface area contributed by atoms with Gasteiger partial charge in [-0.15, -0.1) is 0 Å². The van der Waals surface area contributed by atoms with Crippen LogP contribution in [0.5, 0.6) is 0 Å². The van der Waals surface area contributed by atoms with Gasteiger partial charge in [-0.1, -0.05) is 30.3 Å². The molecule has 0 aromatic heterocycles. The van der Waals surface area contributed by atoms with Crippen LogP contribution in [0.1, 0.15) is 24.3 Å². The van der Waals surface area contributed by atoms with Gasteiger partial charge >= 0.3 is 0 Å². The molecule has 0 radical (unpaired) electrons. The zero-order valence-corrected chi connectivity index (χ0v) is 6.90. The van der Waals surface area contributed by atoms with Crippen molar-refractivity contribution in [3.8, 4) is 6.07 Å². The van der Waals surface area contributed by atoms with E-state index in [1.54, 1.807) is 0 Å². The Hall–Kier alpha value is -1.29. The normalized spacial score (nSPS) is 18.2. The van der Waals surface area contributed by atoms with Crippen LogP contribution in [-0.2, 0) is 0 Å². The summed E-state index contributed by atoms with van der Waals surface area (Å²) < 4.78 is 0. The molecule has 1 aromatic rings. The molecule has 1 saturated carbocycles. The summed E-state index contributed by atoms with van der Waals surface area (Å²) in [5.41, 5.74) is 1.18. The Morgan fingerprint density at radius 3 is 2.42 bits per heavy atom. The standard InChI is InChI=1S/C11H11N/c12-8-11(10-6-7-10)9-4-2-1-3-5-9/h1-5,10-11H,6-7H2/t11-/m0/s1. The molecule has 0 aliphatic heterocycles. The topological polar surface area (TPSA) is 23.8 Å². The second-order valence-electron chi connectivity index (χ2n) is 3.35. The Morgan fingerprint density at radius 2 is 1.92 bits per heavy atom. The predicted octanol–water partition coefficient (Wildman–Crippen LogP) is 2.70. The van der Waals surface area contributed by atoms with Gasteiger partial charge in [0.25, 0.3) is 0 Å². The molecule has 0 N–H and O–H groups in total. The van der Waals surface area contributed by atoms with E-state index in [1.165, 1.54) is 18.4 Å². The van der Waals surface area contributed by atoms with Crippen LogP contribution in [0.4, 0.5) is 0 Å². The monoisotopic (exact) mass is 157 g/mol. The van der Waals surface area contributed by atoms with E-state index in [0.717, 1.165) is 0 Å². The van der Waals surface area contributed by atoms with Gasteiger partial charge < -0.3 is 0 Å². The van der Waals surface area contributed by atoms with Crippen LogP contribution >= 0.6 is 0 Å². The Labute approximate surface area is 72.6 Å². The van der Waals surface area contributed by atoms with Gasteiger partial charge in [0.2, 0.25) is 0 Å². The van der Waals surface area contributed by atoms with Gasteiger partial charge in [0.05, 0.1) is 12.0 Å². The van der Waals surface area contributed by atoms with Crippen LogP contribution < -0.4 is 0 Å². The fourth-order valence-electron chi connectivity index (χ4n) is 1.54. The summed E-state index contributed by atoms with van der Waals surface area (Å²) in [7, 11) is 0. The molecule has 0 heterocycles. The van der Waals surface area contributed by atoms with Gasteiger partial charge in [0, 0.05) is 0 Å². The van der Waals surface area contributed by atoms with Gasteiger partial charge in [0.15, 0.2) is 0 Å². The minimum absolute atomic E-state index is 0.145. The molecule has 0 spiro atoms. The molecule has 1 heteroatoms. The van der Waals surface area contributed by atoms with Crippen molar-refractivity contribution < 1.29 is 0 Å². The molecule has 1 aromatic carbocycles. The number of rotatable bonds is 2. The maximum atomic E-state index is 8.94. The number of benzene rings is 1. The highest BCUT2D eigenvalue weighted by atomic mass is 14.4. The highest BCUT2D eigenvalue weighted by molar-refractivity contribution is 5.27. The molecule has 1 aliphatic rings. The fraction of sp³-hybridized carbons (Fsp3) is 0.364. The zero-order chi connectivity index (χ0) is 8.39. The first kappa shape index (κ1) is 7.36. The van der Waals surface area contributed by atoms with Crippen LogP contribution in [0.2, 0.25) is 0 Å². The summed E-state index contributed by atoms with van der Waals surface area (Å²) in [5, 5.41) is 8.94. The molecule has 0 saturated heterocycles. The largest absolute Gasteiger partial charge is 0.198 e. The Balaban J connectivity index is 2.23. The summed E-state index contributed by atoms with van der Waals surface area (Å²) in [6.07, 6.45) is 2.46. The van der Waals surface area contributed by atoms with Crippen molar-refractivity contribution in [1.82, 2.24) is 0 Å². The Kier molecular flexibility index (Phi) is 1.83. The molecular formula is C11H11N. The van der Waals surface area contributed by atoms with Crippen molar-refractivity contribution in [3.05, 3.63) is 35.9 Å². The lowest BCUT2D eigenvalue weighted by atomic mass is 9.96. The van der Waals surface area contributed by atoms with Crippen LogP contribution in [0.3, 0.4) is 0 Å². The minimum atomic E-state index is 0.145. The highest BCUT2D eigenvalue weighted by Crippen LogP contribution is 2.41. The molecule has 1 aliphatic carbocycles. The first-order valence-electron chi connectivity index (χ1n) is 4.36. The van der Waals surface area contributed by atoms with E-state index in [-0.39, 0.29) is 5.92 Å².